The van der Waals surface area contributed by atoms with Gasteiger partial charge in [0.2, 0.25) is 5.91 Å². The number of carbonyl (C=O) groups is 1. The number of hydrogen-bond acceptors (Lipinski definition) is 2. The minimum Gasteiger partial charge on any atom is -0.342 e. The first kappa shape index (κ1) is 11.9. The fraction of sp³-hybridized carbons (Fsp3) is 0.923. The van der Waals surface area contributed by atoms with Crippen molar-refractivity contribution in [3.63, 3.8) is 0 Å². The zero-order chi connectivity index (χ0) is 11.9. The number of amides is 1. The van der Waals surface area contributed by atoms with E-state index in [0.29, 0.717) is 18.5 Å². The third kappa shape index (κ3) is 1.86. The Bertz CT molecular complexity index is 280. The normalized spacial score (nSPS) is 35.4. The second-order valence-corrected chi connectivity index (χ2v) is 5.99. The summed E-state index contributed by atoms with van der Waals surface area (Å²) in [6.45, 7) is 4.88. The van der Waals surface area contributed by atoms with Crippen molar-refractivity contribution in [2.45, 2.75) is 45.6 Å². The summed E-state index contributed by atoms with van der Waals surface area (Å²) in [7, 11) is 1.95. The van der Waals surface area contributed by atoms with Crippen LogP contribution in [0.3, 0.4) is 0 Å². The molecule has 1 amide bonds. The highest BCUT2D eigenvalue weighted by atomic mass is 16.2. The van der Waals surface area contributed by atoms with Crippen molar-refractivity contribution >= 4 is 5.91 Å². The van der Waals surface area contributed by atoms with Gasteiger partial charge in [-0.15, -0.1) is 0 Å². The van der Waals surface area contributed by atoms with Crippen LogP contribution in [0.1, 0.15) is 39.5 Å². The SMILES string of the molecule is CC1CC(CN)(C(=O)N(C)C(C)C2CC2)C1. The molecule has 16 heavy (non-hydrogen) atoms. The Morgan fingerprint density at radius 1 is 1.50 bits per heavy atom. The second-order valence-electron chi connectivity index (χ2n) is 5.99. The monoisotopic (exact) mass is 224 g/mol. The minimum atomic E-state index is -0.225. The van der Waals surface area contributed by atoms with E-state index in [0.717, 1.165) is 18.8 Å². The van der Waals surface area contributed by atoms with Crippen molar-refractivity contribution in [1.29, 1.82) is 0 Å². The van der Waals surface area contributed by atoms with Crippen molar-refractivity contribution in [3.8, 4) is 0 Å². The van der Waals surface area contributed by atoms with Gasteiger partial charge in [-0.2, -0.15) is 0 Å². The number of carbonyl (C=O) groups excluding carboxylic acids is 1. The van der Waals surface area contributed by atoms with Crippen molar-refractivity contribution < 1.29 is 4.79 Å². The molecule has 0 radical (unpaired) electrons. The van der Waals surface area contributed by atoms with Gasteiger partial charge in [-0.25, -0.2) is 0 Å². The molecule has 3 nitrogen and oxygen atoms in total. The lowest BCUT2D eigenvalue weighted by Gasteiger charge is -2.47. The van der Waals surface area contributed by atoms with E-state index in [1.165, 1.54) is 12.8 Å². The van der Waals surface area contributed by atoms with Crippen LogP contribution in [-0.4, -0.2) is 30.4 Å². The largest absolute Gasteiger partial charge is 0.342 e. The highest BCUT2D eigenvalue weighted by Crippen LogP contribution is 2.47. The number of hydrogen-bond donors (Lipinski definition) is 1. The molecule has 2 rings (SSSR count). The molecule has 2 fully saturated rings. The predicted molar refractivity (Wildman–Crippen MR) is 64.8 cm³/mol. The van der Waals surface area contributed by atoms with Gasteiger partial charge in [0, 0.05) is 19.6 Å². The van der Waals surface area contributed by atoms with Gasteiger partial charge in [-0.1, -0.05) is 6.92 Å². The van der Waals surface area contributed by atoms with Gasteiger partial charge in [0.15, 0.2) is 0 Å². The van der Waals surface area contributed by atoms with Gasteiger partial charge in [0.05, 0.1) is 5.41 Å². The van der Waals surface area contributed by atoms with Crippen molar-refractivity contribution in [2.24, 2.45) is 23.0 Å². The molecule has 0 aromatic carbocycles. The van der Waals surface area contributed by atoms with Crippen LogP contribution >= 0.6 is 0 Å². The van der Waals surface area contributed by atoms with E-state index in [1.807, 2.05) is 11.9 Å². The van der Waals surface area contributed by atoms with E-state index in [9.17, 15) is 4.79 Å². The fourth-order valence-electron chi connectivity index (χ4n) is 3.16. The smallest absolute Gasteiger partial charge is 0.230 e. The van der Waals surface area contributed by atoms with Crippen LogP contribution in [-0.2, 0) is 4.79 Å². The Morgan fingerprint density at radius 3 is 2.44 bits per heavy atom. The summed E-state index contributed by atoms with van der Waals surface area (Å²) in [4.78, 5) is 14.4. The Labute approximate surface area is 98.4 Å². The average Bonchev–Trinajstić information content (AvgIpc) is 3.05. The first-order chi connectivity index (χ1) is 7.50. The molecule has 0 bridgehead atoms. The molecule has 92 valence electrons. The molecule has 1 unspecified atom stereocenters. The lowest BCUT2D eigenvalue weighted by molar-refractivity contribution is -0.150. The van der Waals surface area contributed by atoms with E-state index in [4.69, 9.17) is 5.73 Å². The van der Waals surface area contributed by atoms with Crippen LogP contribution in [0.15, 0.2) is 0 Å². The van der Waals surface area contributed by atoms with Crippen LogP contribution in [0.5, 0.6) is 0 Å². The lowest BCUT2D eigenvalue weighted by atomic mass is 9.61. The van der Waals surface area contributed by atoms with E-state index in [1.54, 1.807) is 0 Å². The average molecular weight is 224 g/mol. The van der Waals surface area contributed by atoms with Gasteiger partial charge in [-0.3, -0.25) is 4.79 Å². The number of nitrogens with zero attached hydrogens (tertiary/aromatic N) is 1. The molecule has 2 saturated carbocycles. The molecule has 0 aromatic heterocycles. The first-order valence-corrected chi connectivity index (χ1v) is 6.47. The van der Waals surface area contributed by atoms with Crippen LogP contribution in [0, 0.1) is 17.3 Å². The van der Waals surface area contributed by atoms with Crippen LogP contribution in [0.25, 0.3) is 0 Å². The molecular weight excluding hydrogens is 200 g/mol. The molecule has 0 aromatic rings. The summed E-state index contributed by atoms with van der Waals surface area (Å²) in [5.41, 5.74) is 5.59. The third-order valence-electron chi connectivity index (χ3n) is 4.56. The van der Waals surface area contributed by atoms with Gasteiger partial charge in [-0.05, 0) is 44.4 Å². The van der Waals surface area contributed by atoms with E-state index >= 15 is 0 Å². The topological polar surface area (TPSA) is 46.3 Å². The Hall–Kier alpha value is -0.570. The maximum absolute atomic E-state index is 12.4. The number of rotatable bonds is 4. The second kappa shape index (κ2) is 4.02. The Balaban J connectivity index is 1.99. The van der Waals surface area contributed by atoms with E-state index < -0.39 is 0 Å². The highest BCUT2D eigenvalue weighted by Gasteiger charge is 2.49. The summed E-state index contributed by atoms with van der Waals surface area (Å²) >= 11 is 0. The maximum atomic E-state index is 12.4. The molecule has 1 atom stereocenters. The van der Waals surface area contributed by atoms with Crippen molar-refractivity contribution in [1.82, 2.24) is 4.90 Å². The van der Waals surface area contributed by atoms with Crippen molar-refractivity contribution in [3.05, 3.63) is 0 Å². The van der Waals surface area contributed by atoms with Gasteiger partial charge in [0.25, 0.3) is 0 Å². The van der Waals surface area contributed by atoms with Crippen LogP contribution in [0.4, 0.5) is 0 Å². The standard InChI is InChI=1S/C13H24N2O/c1-9-6-13(7-9,8-14)12(16)15(3)10(2)11-4-5-11/h9-11H,4-8,14H2,1-3H3. The summed E-state index contributed by atoms with van der Waals surface area (Å²) < 4.78 is 0. The molecule has 0 heterocycles. The van der Waals surface area contributed by atoms with Crippen LogP contribution in [0.2, 0.25) is 0 Å². The number of nitrogens with two attached hydrogens (primary N) is 1. The molecule has 0 aliphatic heterocycles. The van der Waals surface area contributed by atoms with Gasteiger partial charge < -0.3 is 10.6 Å². The summed E-state index contributed by atoms with van der Waals surface area (Å²) in [6.07, 6.45) is 4.52. The summed E-state index contributed by atoms with van der Waals surface area (Å²) in [6, 6.07) is 0.395. The zero-order valence-corrected chi connectivity index (χ0v) is 10.7. The highest BCUT2D eigenvalue weighted by molar-refractivity contribution is 5.84. The molecule has 2 aliphatic carbocycles. The minimum absolute atomic E-state index is 0.225. The Morgan fingerprint density at radius 2 is 2.06 bits per heavy atom. The first-order valence-electron chi connectivity index (χ1n) is 6.47. The Kier molecular flexibility index (Phi) is 2.99. The molecule has 0 saturated heterocycles. The zero-order valence-electron chi connectivity index (χ0n) is 10.7. The van der Waals surface area contributed by atoms with Gasteiger partial charge >= 0.3 is 0 Å². The summed E-state index contributed by atoms with van der Waals surface area (Å²) in [5, 5.41) is 0. The molecule has 2 aliphatic rings. The lowest BCUT2D eigenvalue weighted by Crippen LogP contribution is -2.55. The molecule has 0 spiro atoms. The van der Waals surface area contributed by atoms with Crippen LogP contribution < -0.4 is 5.73 Å². The molecular formula is C13H24N2O. The predicted octanol–water partition coefficient (Wildman–Crippen LogP) is 1.62. The third-order valence-corrected chi connectivity index (χ3v) is 4.56. The van der Waals surface area contributed by atoms with E-state index in [-0.39, 0.29) is 11.3 Å². The van der Waals surface area contributed by atoms with E-state index in [2.05, 4.69) is 13.8 Å². The molecule has 2 N–H and O–H groups in total. The molecule has 3 heteroatoms. The summed E-state index contributed by atoms with van der Waals surface area (Å²) in [5.74, 6) is 1.69. The van der Waals surface area contributed by atoms with Crippen molar-refractivity contribution in [2.75, 3.05) is 13.6 Å². The van der Waals surface area contributed by atoms with Gasteiger partial charge in [0.1, 0.15) is 0 Å². The fourth-order valence-corrected chi connectivity index (χ4v) is 3.16. The maximum Gasteiger partial charge on any atom is 0.230 e. The quantitative estimate of drug-likeness (QED) is 0.788.